The van der Waals surface area contributed by atoms with Crippen molar-refractivity contribution in [2.24, 2.45) is 10.9 Å². The second-order valence-electron chi connectivity index (χ2n) is 8.22. The van der Waals surface area contributed by atoms with Crippen LogP contribution in [0.1, 0.15) is 44.0 Å². The van der Waals surface area contributed by atoms with E-state index in [-0.39, 0.29) is 4.90 Å². The van der Waals surface area contributed by atoms with E-state index in [1.807, 2.05) is 36.6 Å². The molecule has 176 valence electrons. The molecule has 2 heterocycles. The molecule has 1 amide bonds. The number of hydrogen-bond donors (Lipinski definition) is 0. The molecule has 1 aromatic heterocycles. The zero-order valence-electron chi connectivity index (χ0n) is 19.2. The number of sulfonamides is 1. The van der Waals surface area contributed by atoms with E-state index in [9.17, 15) is 13.2 Å². The van der Waals surface area contributed by atoms with Gasteiger partial charge in [-0.1, -0.05) is 24.3 Å². The Bertz CT molecular complexity index is 1320. The molecule has 1 aliphatic heterocycles. The molecule has 7 nitrogen and oxygen atoms in total. The van der Waals surface area contributed by atoms with Crippen LogP contribution in [0.25, 0.3) is 10.2 Å². The van der Waals surface area contributed by atoms with E-state index in [0.717, 1.165) is 28.8 Å². The number of piperidine rings is 1. The lowest BCUT2D eigenvalue weighted by atomic mass is 10.0. The normalized spacial score (nSPS) is 18.0. The summed E-state index contributed by atoms with van der Waals surface area (Å²) in [4.78, 5) is 18.1. The van der Waals surface area contributed by atoms with Gasteiger partial charge in [0, 0.05) is 25.2 Å². The van der Waals surface area contributed by atoms with Crippen LogP contribution in [-0.2, 0) is 16.6 Å². The molecule has 1 fully saturated rings. The van der Waals surface area contributed by atoms with E-state index in [1.54, 1.807) is 16.4 Å². The summed E-state index contributed by atoms with van der Waals surface area (Å²) < 4.78 is 36.2. The fourth-order valence-corrected chi connectivity index (χ4v) is 6.89. The molecule has 3 aromatic rings. The number of thiazole rings is 1. The first-order chi connectivity index (χ1) is 15.8. The smallest absolute Gasteiger partial charge is 0.279 e. The van der Waals surface area contributed by atoms with Crippen LogP contribution in [0, 0.1) is 5.92 Å². The van der Waals surface area contributed by atoms with Gasteiger partial charge < -0.3 is 9.30 Å². The highest BCUT2D eigenvalue weighted by Crippen LogP contribution is 2.28. The third-order valence-corrected chi connectivity index (χ3v) is 8.76. The summed E-state index contributed by atoms with van der Waals surface area (Å²) in [7, 11) is -3.56. The van der Waals surface area contributed by atoms with Gasteiger partial charge in [0.05, 0.1) is 16.2 Å². The van der Waals surface area contributed by atoms with Crippen molar-refractivity contribution in [3.8, 4) is 5.75 Å². The lowest BCUT2D eigenvalue weighted by molar-refractivity contribution is 0.0997. The Labute approximate surface area is 198 Å². The summed E-state index contributed by atoms with van der Waals surface area (Å²) in [5, 5.41) is 0. The molecule has 0 radical (unpaired) electrons. The van der Waals surface area contributed by atoms with E-state index in [2.05, 4.69) is 11.9 Å². The lowest BCUT2D eigenvalue weighted by Gasteiger charge is -2.30. The van der Waals surface area contributed by atoms with Crippen LogP contribution in [0.5, 0.6) is 5.75 Å². The van der Waals surface area contributed by atoms with E-state index in [4.69, 9.17) is 4.74 Å². The van der Waals surface area contributed by atoms with Gasteiger partial charge in [-0.15, -0.1) is 0 Å². The van der Waals surface area contributed by atoms with Crippen molar-refractivity contribution in [2.75, 3.05) is 19.7 Å². The number of aryl methyl sites for hydroxylation is 1. The molecule has 0 bridgehead atoms. The summed E-state index contributed by atoms with van der Waals surface area (Å²) in [5.74, 6) is 0.712. The second kappa shape index (κ2) is 9.79. The SMILES string of the molecule is CCOc1cccc2sc(=NC(=O)c3ccc(S(=O)(=O)N4CCC[C@@H](C)C4)cc3)n(CC)c12. The largest absolute Gasteiger partial charge is 0.492 e. The molecule has 1 saturated heterocycles. The van der Waals surface area contributed by atoms with Crippen molar-refractivity contribution in [1.82, 2.24) is 8.87 Å². The van der Waals surface area contributed by atoms with Gasteiger partial charge in [0.25, 0.3) is 5.91 Å². The number of carbonyl (C=O) groups is 1. The molecule has 0 spiro atoms. The standard InChI is InChI=1S/C24H29N3O4S2/c1-4-27-22-20(31-5-2)9-6-10-21(22)32-24(27)25-23(28)18-11-13-19(14-12-18)33(29,30)26-15-7-8-17(3)16-26/h6,9-14,17H,4-5,7-8,15-16H2,1-3H3/t17-/m1/s1. The number of aromatic nitrogens is 1. The minimum absolute atomic E-state index is 0.208. The van der Waals surface area contributed by atoms with Gasteiger partial charge in [-0.2, -0.15) is 9.30 Å². The first kappa shape index (κ1) is 23.7. The van der Waals surface area contributed by atoms with Gasteiger partial charge in [-0.3, -0.25) is 4.79 Å². The van der Waals surface area contributed by atoms with E-state index in [1.165, 1.54) is 23.5 Å². The summed E-state index contributed by atoms with van der Waals surface area (Å²) in [6.07, 6.45) is 1.91. The van der Waals surface area contributed by atoms with Crippen LogP contribution < -0.4 is 9.54 Å². The first-order valence-corrected chi connectivity index (χ1v) is 13.5. The maximum atomic E-state index is 13.0. The molecule has 1 atom stereocenters. The number of amides is 1. The monoisotopic (exact) mass is 487 g/mol. The number of para-hydroxylation sites is 1. The maximum Gasteiger partial charge on any atom is 0.279 e. The molecule has 4 rings (SSSR count). The number of ether oxygens (including phenoxy) is 1. The van der Waals surface area contributed by atoms with E-state index >= 15 is 0 Å². The summed E-state index contributed by atoms with van der Waals surface area (Å²) >= 11 is 1.43. The Hall–Kier alpha value is -2.49. The van der Waals surface area contributed by atoms with Crippen molar-refractivity contribution < 1.29 is 17.9 Å². The Kier molecular flexibility index (Phi) is 7.02. The predicted octanol–water partition coefficient (Wildman–Crippen LogP) is 4.28. The molecule has 33 heavy (non-hydrogen) atoms. The lowest BCUT2D eigenvalue weighted by Crippen LogP contribution is -2.39. The minimum Gasteiger partial charge on any atom is -0.492 e. The van der Waals surface area contributed by atoms with Crippen molar-refractivity contribution in [2.45, 2.75) is 45.1 Å². The number of fused-ring (bicyclic) bond motifs is 1. The Morgan fingerprint density at radius 2 is 1.94 bits per heavy atom. The molecule has 0 unspecified atom stereocenters. The van der Waals surface area contributed by atoms with Crippen molar-refractivity contribution in [3.63, 3.8) is 0 Å². The summed E-state index contributed by atoms with van der Waals surface area (Å²) in [6, 6.07) is 11.9. The molecule has 2 aromatic carbocycles. The average Bonchev–Trinajstić information content (AvgIpc) is 3.17. The molecule has 0 N–H and O–H groups in total. The van der Waals surface area contributed by atoms with Crippen LogP contribution in [0.15, 0.2) is 52.4 Å². The Morgan fingerprint density at radius 1 is 1.18 bits per heavy atom. The van der Waals surface area contributed by atoms with Gasteiger partial charge in [0.1, 0.15) is 11.3 Å². The fraction of sp³-hybridized carbons (Fsp3) is 0.417. The topological polar surface area (TPSA) is 81.0 Å². The van der Waals surface area contributed by atoms with E-state index < -0.39 is 15.9 Å². The van der Waals surface area contributed by atoms with Crippen molar-refractivity contribution in [1.29, 1.82) is 0 Å². The van der Waals surface area contributed by atoms with Crippen LogP contribution in [0.3, 0.4) is 0 Å². The number of hydrogen-bond acceptors (Lipinski definition) is 5. The zero-order valence-corrected chi connectivity index (χ0v) is 20.8. The number of benzene rings is 2. The molecular weight excluding hydrogens is 458 g/mol. The maximum absolute atomic E-state index is 13.0. The number of carbonyl (C=O) groups excluding carboxylic acids is 1. The van der Waals surface area contributed by atoms with Crippen LogP contribution in [0.2, 0.25) is 0 Å². The molecule has 1 aliphatic rings. The fourth-order valence-electron chi connectivity index (χ4n) is 4.18. The Morgan fingerprint density at radius 3 is 2.61 bits per heavy atom. The van der Waals surface area contributed by atoms with Crippen LogP contribution >= 0.6 is 11.3 Å². The van der Waals surface area contributed by atoms with Gasteiger partial charge in [-0.05, 0) is 69.0 Å². The molecule has 9 heteroatoms. The van der Waals surface area contributed by atoms with Crippen LogP contribution in [0.4, 0.5) is 0 Å². The average molecular weight is 488 g/mol. The van der Waals surface area contributed by atoms with Gasteiger partial charge in [-0.25, -0.2) is 8.42 Å². The Balaban J connectivity index is 1.64. The number of rotatable bonds is 6. The highest BCUT2D eigenvalue weighted by atomic mass is 32.2. The minimum atomic E-state index is -3.56. The third-order valence-electron chi connectivity index (χ3n) is 5.84. The third kappa shape index (κ3) is 4.76. The number of nitrogens with zero attached hydrogens (tertiary/aromatic N) is 3. The van der Waals surface area contributed by atoms with Crippen molar-refractivity contribution in [3.05, 3.63) is 52.8 Å². The van der Waals surface area contributed by atoms with Gasteiger partial charge in [0.15, 0.2) is 4.80 Å². The molecular formula is C24H29N3O4S2. The molecule has 0 aliphatic carbocycles. The quantitative estimate of drug-likeness (QED) is 0.520. The van der Waals surface area contributed by atoms with Crippen LogP contribution in [-0.4, -0.2) is 42.9 Å². The summed E-state index contributed by atoms with van der Waals surface area (Å²) in [5.41, 5.74) is 1.28. The van der Waals surface area contributed by atoms with E-state index in [0.29, 0.717) is 42.5 Å². The first-order valence-electron chi connectivity index (χ1n) is 11.3. The van der Waals surface area contributed by atoms with Crippen molar-refractivity contribution >= 4 is 37.5 Å². The summed E-state index contributed by atoms with van der Waals surface area (Å²) in [6.45, 7) is 8.27. The zero-order chi connectivity index (χ0) is 23.6. The predicted molar refractivity (Wildman–Crippen MR) is 130 cm³/mol. The van der Waals surface area contributed by atoms with Gasteiger partial charge >= 0.3 is 0 Å². The molecule has 0 saturated carbocycles. The highest BCUT2D eigenvalue weighted by molar-refractivity contribution is 7.89. The second-order valence-corrected chi connectivity index (χ2v) is 11.2. The van der Waals surface area contributed by atoms with Gasteiger partial charge in [0.2, 0.25) is 10.0 Å². The highest BCUT2D eigenvalue weighted by Gasteiger charge is 2.28.